The Hall–Kier alpha value is -1.91. The van der Waals surface area contributed by atoms with Crippen LogP contribution in [-0.4, -0.2) is 15.2 Å². The van der Waals surface area contributed by atoms with Gasteiger partial charge in [0.25, 0.3) is 0 Å². The average molecular weight is 359 g/mol. The number of fused-ring (bicyclic) bond motifs is 1. The summed E-state index contributed by atoms with van der Waals surface area (Å²) in [4.78, 5) is 0. The van der Waals surface area contributed by atoms with Crippen molar-refractivity contribution < 1.29 is 0 Å². The standard InChI is InChI=1S/C23H26Si2/c1-24(2,21-14-5-3-6-15-21)25(22-16-7-4-8-17-22)19-11-13-20-12-9-10-18-23(20)25/h3-10,12,14-18H,11,13,19H2,1-2H3/t25-/m1/s1. The molecular formula is C23H26Si2. The van der Waals surface area contributed by atoms with Crippen molar-refractivity contribution in [3.63, 3.8) is 0 Å². The van der Waals surface area contributed by atoms with Crippen molar-refractivity contribution in [2.24, 2.45) is 0 Å². The molecule has 0 saturated carbocycles. The third-order valence-electron chi connectivity index (χ3n) is 6.30. The third kappa shape index (κ3) is 2.55. The maximum atomic E-state index is 2.63. The molecule has 2 heteroatoms. The topological polar surface area (TPSA) is 0 Å². The molecule has 0 spiro atoms. The van der Waals surface area contributed by atoms with Crippen LogP contribution in [0.3, 0.4) is 0 Å². The summed E-state index contributed by atoms with van der Waals surface area (Å²) in [5.74, 6) is 0. The summed E-state index contributed by atoms with van der Waals surface area (Å²) < 4.78 is 0. The van der Waals surface area contributed by atoms with Crippen LogP contribution in [0, 0.1) is 0 Å². The molecule has 0 aromatic heterocycles. The summed E-state index contributed by atoms with van der Waals surface area (Å²) >= 11 is 0. The first-order valence-electron chi connectivity index (χ1n) is 9.36. The van der Waals surface area contributed by atoms with Gasteiger partial charge in [0, 0.05) is 0 Å². The SMILES string of the molecule is C[Si](C)(c1ccccc1)[Si@@]1(c2ccccc2)CCCc2ccccc21. The fourth-order valence-corrected chi connectivity index (χ4v) is 21.8. The van der Waals surface area contributed by atoms with E-state index in [0.717, 1.165) is 0 Å². The number of benzene rings is 3. The molecule has 0 N–H and O–H groups in total. The fourth-order valence-electron chi connectivity index (χ4n) is 4.97. The molecule has 0 unspecified atom stereocenters. The Morgan fingerprint density at radius 2 is 1.32 bits per heavy atom. The van der Waals surface area contributed by atoms with Crippen molar-refractivity contribution in [2.45, 2.75) is 32.0 Å². The van der Waals surface area contributed by atoms with E-state index in [2.05, 4.69) is 98.0 Å². The van der Waals surface area contributed by atoms with Crippen molar-refractivity contribution in [1.82, 2.24) is 0 Å². The van der Waals surface area contributed by atoms with Crippen molar-refractivity contribution in [3.8, 4) is 0 Å². The van der Waals surface area contributed by atoms with E-state index in [-0.39, 0.29) is 0 Å². The van der Waals surface area contributed by atoms with Crippen LogP contribution in [0.5, 0.6) is 0 Å². The maximum Gasteiger partial charge on any atom is 0.116 e. The molecule has 3 aromatic carbocycles. The Bertz CT molecular complexity index is 856. The fraction of sp³-hybridized carbons (Fsp3) is 0.217. The summed E-state index contributed by atoms with van der Waals surface area (Å²) in [5.41, 5.74) is 1.61. The van der Waals surface area contributed by atoms with E-state index in [9.17, 15) is 0 Å². The molecule has 0 saturated heterocycles. The lowest BCUT2D eigenvalue weighted by Crippen LogP contribution is -2.79. The quantitative estimate of drug-likeness (QED) is 0.623. The van der Waals surface area contributed by atoms with Crippen molar-refractivity contribution >= 4 is 30.7 Å². The summed E-state index contributed by atoms with van der Waals surface area (Å²) in [6, 6.07) is 33.6. The lowest BCUT2D eigenvalue weighted by molar-refractivity contribution is 0.897. The predicted molar refractivity (Wildman–Crippen MR) is 115 cm³/mol. The van der Waals surface area contributed by atoms with Gasteiger partial charge in [0.2, 0.25) is 0 Å². The first-order valence-corrected chi connectivity index (χ1v) is 15.6. The van der Waals surface area contributed by atoms with Crippen molar-refractivity contribution in [3.05, 3.63) is 90.5 Å². The first-order chi connectivity index (χ1) is 12.2. The van der Waals surface area contributed by atoms with E-state index in [4.69, 9.17) is 0 Å². The maximum absolute atomic E-state index is 2.63. The van der Waals surface area contributed by atoms with E-state index in [1.807, 2.05) is 0 Å². The average Bonchev–Trinajstić information content (AvgIpc) is 2.68. The van der Waals surface area contributed by atoms with Crippen LogP contribution in [0.25, 0.3) is 0 Å². The second kappa shape index (κ2) is 6.43. The molecule has 0 aliphatic carbocycles. The van der Waals surface area contributed by atoms with Crippen LogP contribution in [0.15, 0.2) is 84.9 Å². The number of aryl methyl sites for hydroxylation is 1. The highest BCUT2D eigenvalue weighted by atomic mass is 29.3. The van der Waals surface area contributed by atoms with E-state index < -0.39 is 15.2 Å². The van der Waals surface area contributed by atoms with Gasteiger partial charge in [-0.15, -0.1) is 0 Å². The highest BCUT2D eigenvalue weighted by molar-refractivity contribution is 7.55. The van der Waals surface area contributed by atoms with Crippen LogP contribution >= 0.6 is 0 Å². The predicted octanol–water partition coefficient (Wildman–Crippen LogP) is 3.89. The molecule has 0 nitrogen and oxygen atoms in total. The minimum Gasteiger partial charge on any atom is -0.0668 e. The Morgan fingerprint density at radius 3 is 2.04 bits per heavy atom. The lowest BCUT2D eigenvalue weighted by Gasteiger charge is -2.48. The Kier molecular flexibility index (Phi) is 4.26. The molecular weight excluding hydrogens is 332 g/mol. The molecule has 3 aromatic rings. The number of hydrogen-bond acceptors (Lipinski definition) is 0. The van der Waals surface area contributed by atoms with Gasteiger partial charge in [0.05, 0.1) is 7.59 Å². The van der Waals surface area contributed by atoms with Gasteiger partial charge in [0.1, 0.15) is 7.59 Å². The van der Waals surface area contributed by atoms with Crippen LogP contribution in [0.4, 0.5) is 0 Å². The molecule has 1 atom stereocenters. The van der Waals surface area contributed by atoms with Gasteiger partial charge < -0.3 is 0 Å². The molecule has 25 heavy (non-hydrogen) atoms. The van der Waals surface area contributed by atoms with Crippen LogP contribution in [0.1, 0.15) is 12.0 Å². The monoisotopic (exact) mass is 358 g/mol. The normalized spacial score (nSPS) is 20.1. The van der Waals surface area contributed by atoms with Gasteiger partial charge in [-0.3, -0.25) is 0 Å². The van der Waals surface area contributed by atoms with E-state index in [1.165, 1.54) is 18.9 Å². The minimum atomic E-state index is -1.81. The molecule has 0 bridgehead atoms. The van der Waals surface area contributed by atoms with Gasteiger partial charge in [-0.25, -0.2) is 0 Å². The zero-order chi connectivity index (χ0) is 17.3. The van der Waals surface area contributed by atoms with Crippen LogP contribution < -0.4 is 15.6 Å². The van der Waals surface area contributed by atoms with Gasteiger partial charge in [0.15, 0.2) is 0 Å². The molecule has 4 rings (SSSR count). The lowest BCUT2D eigenvalue weighted by atomic mass is 10.1. The minimum absolute atomic E-state index is 1.25. The highest BCUT2D eigenvalue weighted by Gasteiger charge is 2.53. The largest absolute Gasteiger partial charge is 0.116 e. The summed E-state index contributed by atoms with van der Waals surface area (Å²) in [6.45, 7) is 5.26. The molecule has 0 radical (unpaired) electrons. The highest BCUT2D eigenvalue weighted by Crippen LogP contribution is 2.30. The third-order valence-corrected chi connectivity index (χ3v) is 23.7. The molecule has 0 fully saturated rings. The number of hydrogen-bond donors (Lipinski definition) is 0. The van der Waals surface area contributed by atoms with E-state index in [1.54, 1.807) is 21.1 Å². The zero-order valence-corrected chi connectivity index (χ0v) is 17.2. The molecule has 0 amide bonds. The van der Waals surface area contributed by atoms with Crippen molar-refractivity contribution in [2.75, 3.05) is 0 Å². The second-order valence-corrected chi connectivity index (χ2v) is 21.3. The Labute approximate surface area is 153 Å². The van der Waals surface area contributed by atoms with Gasteiger partial charge in [-0.2, -0.15) is 0 Å². The zero-order valence-electron chi connectivity index (χ0n) is 15.2. The molecule has 1 aliphatic heterocycles. The number of rotatable bonds is 3. The van der Waals surface area contributed by atoms with E-state index in [0.29, 0.717) is 0 Å². The second-order valence-electron chi connectivity index (χ2n) is 7.77. The smallest absolute Gasteiger partial charge is 0.0668 e. The van der Waals surface area contributed by atoms with Crippen LogP contribution in [-0.2, 0) is 6.42 Å². The van der Waals surface area contributed by atoms with Gasteiger partial charge in [-0.1, -0.05) is 126 Å². The first kappa shape index (κ1) is 16.6. The molecule has 1 heterocycles. The van der Waals surface area contributed by atoms with Crippen LogP contribution in [0.2, 0.25) is 19.1 Å². The van der Waals surface area contributed by atoms with Gasteiger partial charge >= 0.3 is 0 Å². The molecule has 126 valence electrons. The van der Waals surface area contributed by atoms with Crippen molar-refractivity contribution in [1.29, 1.82) is 0 Å². The van der Waals surface area contributed by atoms with E-state index >= 15 is 0 Å². The Balaban J connectivity index is 2.03. The summed E-state index contributed by atoms with van der Waals surface area (Å²) in [7, 11) is -3.49. The van der Waals surface area contributed by atoms with Gasteiger partial charge in [-0.05, 0) is 12.0 Å². The Morgan fingerprint density at radius 1 is 0.720 bits per heavy atom. The summed E-state index contributed by atoms with van der Waals surface area (Å²) in [5, 5.41) is 4.97. The summed E-state index contributed by atoms with van der Waals surface area (Å²) in [6.07, 6.45) is 2.58. The molecule has 1 aliphatic rings.